The van der Waals surface area contributed by atoms with Crippen LogP contribution in [0.2, 0.25) is 0 Å². The lowest BCUT2D eigenvalue weighted by molar-refractivity contribution is 0.0730. The molecule has 23 heavy (non-hydrogen) atoms. The van der Waals surface area contributed by atoms with E-state index in [0.717, 1.165) is 38.5 Å². The molecule has 0 N–H and O–H groups in total. The molecule has 0 bridgehead atoms. The maximum atomic E-state index is 12.6. The molecule has 0 unspecified atom stereocenters. The minimum Gasteiger partial charge on any atom is -0.379 e. The minimum atomic E-state index is -3.46. The molecule has 1 aromatic heterocycles. The van der Waals surface area contributed by atoms with Gasteiger partial charge in [-0.15, -0.1) is 0 Å². The monoisotopic (exact) mass is 340 g/mol. The number of ether oxygens (including phenoxy) is 1. The van der Waals surface area contributed by atoms with Crippen LogP contribution in [0.1, 0.15) is 6.92 Å². The Morgan fingerprint density at radius 2 is 1.78 bits per heavy atom. The van der Waals surface area contributed by atoms with Gasteiger partial charge in [0.25, 0.3) is 0 Å². The van der Waals surface area contributed by atoms with Crippen molar-refractivity contribution in [3.05, 3.63) is 18.3 Å². The third-order valence-electron chi connectivity index (χ3n) is 4.47. The molecule has 7 nitrogen and oxygen atoms in total. The Hall–Kier alpha value is -1.22. The summed E-state index contributed by atoms with van der Waals surface area (Å²) in [6.07, 6.45) is 1.48. The third-order valence-corrected chi connectivity index (χ3v) is 6.35. The predicted molar refractivity (Wildman–Crippen MR) is 88.1 cm³/mol. The van der Waals surface area contributed by atoms with Crippen molar-refractivity contribution in [1.29, 1.82) is 0 Å². The maximum absolute atomic E-state index is 12.6. The fourth-order valence-corrected chi connectivity index (χ4v) is 4.30. The summed E-state index contributed by atoms with van der Waals surface area (Å²) >= 11 is 0. The standard InChI is InChI=1S/C15H24N4O3S/c1-2-17-5-7-18(8-6-17)15-4-3-14(13-16-15)23(20,21)19-9-11-22-12-10-19/h3-4,13H,2,5-12H2,1H3. The highest BCUT2D eigenvalue weighted by Crippen LogP contribution is 2.20. The highest BCUT2D eigenvalue weighted by molar-refractivity contribution is 7.89. The molecule has 0 saturated carbocycles. The number of hydrogen-bond donors (Lipinski definition) is 0. The van der Waals surface area contributed by atoms with Gasteiger partial charge in [0.15, 0.2) is 0 Å². The van der Waals surface area contributed by atoms with Gasteiger partial charge in [-0.05, 0) is 18.7 Å². The summed E-state index contributed by atoms with van der Waals surface area (Å²) in [6.45, 7) is 8.84. The summed E-state index contributed by atoms with van der Waals surface area (Å²) in [4.78, 5) is 9.25. The highest BCUT2D eigenvalue weighted by Gasteiger charge is 2.27. The second kappa shape index (κ2) is 7.12. The molecule has 8 heteroatoms. The van der Waals surface area contributed by atoms with Gasteiger partial charge in [-0.25, -0.2) is 13.4 Å². The average molecular weight is 340 g/mol. The topological polar surface area (TPSA) is 66.0 Å². The summed E-state index contributed by atoms with van der Waals surface area (Å²) < 4.78 is 31.8. The van der Waals surface area contributed by atoms with Gasteiger partial charge in [0.05, 0.1) is 13.2 Å². The Labute approximate surface area is 137 Å². The van der Waals surface area contributed by atoms with Crippen molar-refractivity contribution in [2.24, 2.45) is 0 Å². The van der Waals surface area contributed by atoms with Gasteiger partial charge in [-0.2, -0.15) is 4.31 Å². The Kier molecular flexibility index (Phi) is 5.15. The molecule has 0 radical (unpaired) electrons. The van der Waals surface area contributed by atoms with Crippen molar-refractivity contribution in [3.63, 3.8) is 0 Å². The van der Waals surface area contributed by atoms with E-state index in [1.165, 1.54) is 10.5 Å². The van der Waals surface area contributed by atoms with Gasteiger partial charge in [0.1, 0.15) is 10.7 Å². The number of sulfonamides is 1. The molecule has 2 aliphatic rings. The quantitative estimate of drug-likeness (QED) is 0.783. The number of aromatic nitrogens is 1. The van der Waals surface area contributed by atoms with E-state index in [2.05, 4.69) is 21.7 Å². The van der Waals surface area contributed by atoms with Crippen LogP contribution in [0.25, 0.3) is 0 Å². The molecular formula is C15H24N4O3S. The van der Waals surface area contributed by atoms with Crippen LogP contribution in [0.15, 0.2) is 23.2 Å². The molecular weight excluding hydrogens is 316 g/mol. The number of rotatable bonds is 4. The van der Waals surface area contributed by atoms with Crippen LogP contribution in [0.3, 0.4) is 0 Å². The molecule has 2 aliphatic heterocycles. The molecule has 3 heterocycles. The van der Waals surface area contributed by atoms with Gasteiger partial charge in [0.2, 0.25) is 10.0 Å². The molecule has 0 spiro atoms. The Morgan fingerprint density at radius 1 is 1.09 bits per heavy atom. The highest BCUT2D eigenvalue weighted by atomic mass is 32.2. The van der Waals surface area contributed by atoms with E-state index in [0.29, 0.717) is 26.3 Å². The SMILES string of the molecule is CCN1CCN(c2ccc(S(=O)(=O)N3CCOCC3)cn2)CC1. The lowest BCUT2D eigenvalue weighted by atomic mass is 10.3. The molecule has 0 aliphatic carbocycles. The van der Waals surface area contributed by atoms with Gasteiger partial charge in [0, 0.05) is 45.5 Å². The van der Waals surface area contributed by atoms with Crippen molar-refractivity contribution in [2.45, 2.75) is 11.8 Å². The van der Waals surface area contributed by atoms with E-state index in [9.17, 15) is 8.42 Å². The van der Waals surface area contributed by atoms with Gasteiger partial charge in [-0.1, -0.05) is 6.92 Å². The summed E-state index contributed by atoms with van der Waals surface area (Å²) in [6, 6.07) is 3.48. The van der Waals surface area contributed by atoms with Crippen molar-refractivity contribution in [1.82, 2.24) is 14.2 Å². The van der Waals surface area contributed by atoms with Crippen molar-refractivity contribution in [3.8, 4) is 0 Å². The second-order valence-electron chi connectivity index (χ2n) is 5.79. The molecule has 1 aromatic rings. The van der Waals surface area contributed by atoms with Gasteiger partial charge in [-0.3, -0.25) is 0 Å². The number of piperazine rings is 1. The first-order chi connectivity index (χ1) is 11.1. The first-order valence-corrected chi connectivity index (χ1v) is 9.56. The van der Waals surface area contributed by atoms with E-state index in [1.54, 1.807) is 6.07 Å². The minimum absolute atomic E-state index is 0.260. The Bertz CT molecular complexity index is 606. The zero-order valence-electron chi connectivity index (χ0n) is 13.5. The number of anilines is 1. The van der Waals surface area contributed by atoms with Crippen LogP contribution in [0, 0.1) is 0 Å². The molecule has 3 rings (SSSR count). The van der Waals surface area contributed by atoms with E-state index in [4.69, 9.17) is 4.74 Å². The fourth-order valence-electron chi connectivity index (χ4n) is 2.94. The lowest BCUT2D eigenvalue weighted by Gasteiger charge is -2.34. The summed E-state index contributed by atoms with van der Waals surface area (Å²) in [5.41, 5.74) is 0. The number of nitrogens with zero attached hydrogens (tertiary/aromatic N) is 4. The third kappa shape index (κ3) is 3.65. The molecule has 128 valence electrons. The maximum Gasteiger partial charge on any atom is 0.244 e. The number of likely N-dealkylation sites (N-methyl/N-ethyl adjacent to an activating group) is 1. The van der Waals surface area contributed by atoms with Crippen LogP contribution in [-0.2, 0) is 14.8 Å². The van der Waals surface area contributed by atoms with E-state index < -0.39 is 10.0 Å². The zero-order valence-corrected chi connectivity index (χ0v) is 14.3. The summed E-state index contributed by atoms with van der Waals surface area (Å²) in [7, 11) is -3.46. The van der Waals surface area contributed by atoms with Crippen molar-refractivity contribution < 1.29 is 13.2 Å². The number of hydrogen-bond acceptors (Lipinski definition) is 6. The first kappa shape index (κ1) is 16.6. The molecule has 2 saturated heterocycles. The van der Waals surface area contributed by atoms with Gasteiger partial charge >= 0.3 is 0 Å². The molecule has 0 amide bonds. The summed E-state index contributed by atoms with van der Waals surface area (Å²) in [5.74, 6) is 0.849. The van der Waals surface area contributed by atoms with E-state index in [1.807, 2.05) is 6.07 Å². The Morgan fingerprint density at radius 3 is 2.35 bits per heavy atom. The van der Waals surface area contributed by atoms with Crippen LogP contribution in [-0.4, -0.2) is 81.6 Å². The normalized spacial score (nSPS) is 21.5. The van der Waals surface area contributed by atoms with E-state index in [-0.39, 0.29) is 4.90 Å². The zero-order chi connectivity index (χ0) is 16.3. The van der Waals surface area contributed by atoms with Crippen molar-refractivity contribution >= 4 is 15.8 Å². The number of morpholine rings is 1. The van der Waals surface area contributed by atoms with Crippen LogP contribution in [0.5, 0.6) is 0 Å². The predicted octanol–water partition coefficient (Wildman–Crippen LogP) is 0.244. The van der Waals surface area contributed by atoms with Crippen LogP contribution < -0.4 is 4.90 Å². The largest absolute Gasteiger partial charge is 0.379 e. The fraction of sp³-hybridized carbons (Fsp3) is 0.667. The smallest absolute Gasteiger partial charge is 0.244 e. The van der Waals surface area contributed by atoms with E-state index >= 15 is 0 Å². The van der Waals surface area contributed by atoms with Crippen LogP contribution >= 0.6 is 0 Å². The molecule has 0 atom stereocenters. The molecule has 0 aromatic carbocycles. The van der Waals surface area contributed by atoms with Crippen molar-refractivity contribution in [2.75, 3.05) is 63.9 Å². The lowest BCUT2D eigenvalue weighted by Crippen LogP contribution is -2.46. The average Bonchev–Trinajstić information content (AvgIpc) is 2.63. The second-order valence-corrected chi connectivity index (χ2v) is 7.73. The van der Waals surface area contributed by atoms with Crippen LogP contribution in [0.4, 0.5) is 5.82 Å². The molecule has 2 fully saturated rings. The summed E-state index contributed by atoms with van der Waals surface area (Å²) in [5, 5.41) is 0. The first-order valence-electron chi connectivity index (χ1n) is 8.12. The Balaban J connectivity index is 1.69. The number of pyridine rings is 1. The van der Waals surface area contributed by atoms with Gasteiger partial charge < -0.3 is 14.5 Å².